The van der Waals surface area contributed by atoms with E-state index in [9.17, 15) is 18.3 Å². The highest BCUT2D eigenvalue weighted by molar-refractivity contribution is 7.13. The lowest BCUT2D eigenvalue weighted by molar-refractivity contribution is -0.137. The van der Waals surface area contributed by atoms with Gasteiger partial charge in [0.1, 0.15) is 0 Å². The first-order chi connectivity index (χ1) is 11.7. The molecule has 3 N–H and O–H groups in total. The lowest BCUT2D eigenvalue weighted by Crippen LogP contribution is -2.06. The first-order valence-corrected chi connectivity index (χ1v) is 8.44. The van der Waals surface area contributed by atoms with Crippen molar-refractivity contribution in [2.24, 2.45) is 0 Å². The van der Waals surface area contributed by atoms with Crippen LogP contribution in [0.15, 0.2) is 40.1 Å². The van der Waals surface area contributed by atoms with Gasteiger partial charge in [0, 0.05) is 0 Å². The standard InChI is InChI=1S/C18H16F3NO2S/c1-9(2)11-6-5-10(18(19,20)21)8-12(11)14-15(23)16(24-17(14)22)13-4-3-7-25-13/h3-9,23H,22H2,1-2H3. The van der Waals surface area contributed by atoms with Crippen molar-refractivity contribution in [1.82, 2.24) is 0 Å². The first kappa shape index (κ1) is 17.4. The number of nitrogen functional groups attached to an aromatic ring is 1. The quantitative estimate of drug-likeness (QED) is 0.587. The van der Waals surface area contributed by atoms with Crippen molar-refractivity contribution in [3.8, 4) is 27.5 Å². The van der Waals surface area contributed by atoms with Crippen LogP contribution in [0.1, 0.15) is 30.9 Å². The maximum absolute atomic E-state index is 13.1. The van der Waals surface area contributed by atoms with Gasteiger partial charge in [0.2, 0.25) is 5.88 Å². The van der Waals surface area contributed by atoms with Crippen LogP contribution < -0.4 is 5.73 Å². The van der Waals surface area contributed by atoms with Crippen LogP contribution in [0.5, 0.6) is 5.75 Å². The van der Waals surface area contributed by atoms with Gasteiger partial charge in [0.05, 0.1) is 16.0 Å². The van der Waals surface area contributed by atoms with Crippen LogP contribution in [-0.2, 0) is 6.18 Å². The summed E-state index contributed by atoms with van der Waals surface area (Å²) in [7, 11) is 0. The zero-order chi connectivity index (χ0) is 18.4. The van der Waals surface area contributed by atoms with Crippen molar-refractivity contribution in [1.29, 1.82) is 0 Å². The van der Waals surface area contributed by atoms with Gasteiger partial charge in [-0.25, -0.2) is 0 Å². The largest absolute Gasteiger partial charge is 0.504 e. The molecule has 7 heteroatoms. The number of rotatable bonds is 3. The molecule has 3 rings (SSSR count). The maximum Gasteiger partial charge on any atom is 0.416 e. The van der Waals surface area contributed by atoms with Gasteiger partial charge in [-0.1, -0.05) is 26.0 Å². The highest BCUT2D eigenvalue weighted by atomic mass is 32.1. The summed E-state index contributed by atoms with van der Waals surface area (Å²) in [5.74, 6) is -0.255. The molecule has 0 spiro atoms. The highest BCUT2D eigenvalue weighted by Crippen LogP contribution is 2.48. The number of aromatic hydroxyl groups is 1. The fourth-order valence-electron chi connectivity index (χ4n) is 2.73. The molecular formula is C18H16F3NO2S. The Balaban J connectivity index is 2.25. The van der Waals surface area contributed by atoms with Gasteiger partial charge in [0.25, 0.3) is 0 Å². The second-order valence-electron chi connectivity index (χ2n) is 5.95. The molecule has 0 unspecified atom stereocenters. The zero-order valence-corrected chi connectivity index (χ0v) is 14.3. The van der Waals surface area contributed by atoms with E-state index < -0.39 is 11.7 Å². The third-order valence-corrected chi connectivity index (χ3v) is 4.80. The molecule has 2 heterocycles. The van der Waals surface area contributed by atoms with Crippen molar-refractivity contribution in [2.45, 2.75) is 25.9 Å². The summed E-state index contributed by atoms with van der Waals surface area (Å²) in [6.07, 6.45) is -4.49. The molecule has 0 saturated carbocycles. The van der Waals surface area contributed by atoms with Crippen molar-refractivity contribution in [3.05, 3.63) is 46.8 Å². The van der Waals surface area contributed by atoms with Crippen LogP contribution in [0.2, 0.25) is 0 Å². The summed E-state index contributed by atoms with van der Waals surface area (Å²) in [4.78, 5) is 0.647. The van der Waals surface area contributed by atoms with Gasteiger partial charge in [-0.2, -0.15) is 13.2 Å². The van der Waals surface area contributed by atoms with E-state index in [1.54, 1.807) is 17.5 Å². The minimum atomic E-state index is -4.49. The van der Waals surface area contributed by atoms with E-state index in [1.807, 2.05) is 13.8 Å². The number of benzene rings is 1. The molecule has 0 aliphatic rings. The molecule has 0 fully saturated rings. The molecule has 25 heavy (non-hydrogen) atoms. The fraction of sp³-hybridized carbons (Fsp3) is 0.222. The SMILES string of the molecule is CC(C)c1ccc(C(F)(F)F)cc1-c1c(N)oc(-c2cccs2)c1O. The van der Waals surface area contributed by atoms with Gasteiger partial charge < -0.3 is 15.3 Å². The average molecular weight is 367 g/mol. The van der Waals surface area contributed by atoms with E-state index in [0.29, 0.717) is 10.4 Å². The third-order valence-electron chi connectivity index (χ3n) is 3.93. The Morgan fingerprint density at radius 3 is 2.48 bits per heavy atom. The Labute approximate surface area is 146 Å². The molecule has 0 bridgehead atoms. The van der Waals surface area contributed by atoms with E-state index in [0.717, 1.165) is 12.1 Å². The zero-order valence-electron chi connectivity index (χ0n) is 13.5. The van der Waals surface area contributed by atoms with Crippen LogP contribution in [0.3, 0.4) is 0 Å². The van der Waals surface area contributed by atoms with Gasteiger partial charge in [-0.05, 0) is 40.6 Å². The Hall–Kier alpha value is -2.41. The lowest BCUT2D eigenvalue weighted by atomic mass is 9.91. The minimum absolute atomic E-state index is 0.0591. The topological polar surface area (TPSA) is 59.4 Å². The Morgan fingerprint density at radius 2 is 1.92 bits per heavy atom. The predicted octanol–water partition coefficient (Wildman–Crippen LogP) is 6.11. The summed E-state index contributed by atoms with van der Waals surface area (Å²) >= 11 is 1.34. The summed E-state index contributed by atoms with van der Waals surface area (Å²) in [5, 5.41) is 12.4. The van der Waals surface area contributed by atoms with E-state index in [-0.39, 0.29) is 34.4 Å². The van der Waals surface area contributed by atoms with E-state index in [4.69, 9.17) is 10.2 Å². The molecule has 2 aromatic heterocycles. The number of halogens is 3. The Morgan fingerprint density at radius 1 is 1.20 bits per heavy atom. The molecule has 0 aliphatic carbocycles. The molecule has 0 radical (unpaired) electrons. The van der Waals surface area contributed by atoms with Crippen LogP contribution >= 0.6 is 11.3 Å². The smallest absolute Gasteiger partial charge is 0.416 e. The van der Waals surface area contributed by atoms with Crippen LogP contribution in [-0.4, -0.2) is 5.11 Å². The fourth-order valence-corrected chi connectivity index (χ4v) is 3.43. The molecule has 0 amide bonds. The summed E-state index contributed by atoms with van der Waals surface area (Å²) in [6, 6.07) is 6.98. The van der Waals surface area contributed by atoms with Crippen LogP contribution in [0.4, 0.5) is 19.1 Å². The molecule has 132 valence electrons. The minimum Gasteiger partial charge on any atom is -0.504 e. The molecule has 0 aliphatic heterocycles. The number of alkyl halides is 3. The summed E-state index contributed by atoms with van der Waals surface area (Å²) in [5.41, 5.74) is 6.07. The average Bonchev–Trinajstić information content (AvgIpc) is 3.14. The molecule has 1 aromatic carbocycles. The first-order valence-electron chi connectivity index (χ1n) is 7.56. The van der Waals surface area contributed by atoms with Crippen molar-refractivity contribution >= 4 is 17.2 Å². The normalized spacial score (nSPS) is 12.1. The van der Waals surface area contributed by atoms with Crippen LogP contribution in [0.25, 0.3) is 21.8 Å². The summed E-state index contributed by atoms with van der Waals surface area (Å²) in [6.45, 7) is 3.72. The third kappa shape index (κ3) is 3.11. The van der Waals surface area contributed by atoms with Gasteiger partial charge in [0.15, 0.2) is 11.5 Å². The van der Waals surface area contributed by atoms with Crippen LogP contribution in [0, 0.1) is 0 Å². The Bertz CT molecular complexity index is 896. The summed E-state index contributed by atoms with van der Waals surface area (Å²) < 4.78 is 44.9. The molecule has 0 atom stereocenters. The second-order valence-corrected chi connectivity index (χ2v) is 6.90. The highest BCUT2D eigenvalue weighted by Gasteiger charge is 2.33. The number of thiophene rings is 1. The van der Waals surface area contributed by atoms with Crippen molar-refractivity contribution < 1.29 is 22.7 Å². The lowest BCUT2D eigenvalue weighted by Gasteiger charge is -2.16. The number of nitrogens with two attached hydrogens (primary N) is 1. The molecule has 3 aromatic rings. The molecule has 3 nitrogen and oxygen atoms in total. The monoisotopic (exact) mass is 367 g/mol. The second kappa shape index (κ2) is 6.15. The predicted molar refractivity (Wildman–Crippen MR) is 92.6 cm³/mol. The van der Waals surface area contributed by atoms with Gasteiger partial charge >= 0.3 is 6.18 Å². The van der Waals surface area contributed by atoms with Crippen molar-refractivity contribution in [2.75, 3.05) is 5.73 Å². The number of anilines is 1. The van der Waals surface area contributed by atoms with E-state index in [1.165, 1.54) is 17.4 Å². The number of hydrogen-bond donors (Lipinski definition) is 2. The molecule has 0 saturated heterocycles. The number of furan rings is 1. The number of hydrogen-bond acceptors (Lipinski definition) is 4. The molecular weight excluding hydrogens is 351 g/mol. The maximum atomic E-state index is 13.1. The van der Waals surface area contributed by atoms with E-state index in [2.05, 4.69) is 0 Å². The van der Waals surface area contributed by atoms with Crippen molar-refractivity contribution in [3.63, 3.8) is 0 Å². The van der Waals surface area contributed by atoms with Gasteiger partial charge in [-0.3, -0.25) is 0 Å². The Kier molecular flexibility index (Phi) is 4.28. The van der Waals surface area contributed by atoms with Gasteiger partial charge in [-0.15, -0.1) is 11.3 Å². The van der Waals surface area contributed by atoms with E-state index >= 15 is 0 Å².